The zero-order chi connectivity index (χ0) is 13.4. The van der Waals surface area contributed by atoms with Gasteiger partial charge in [-0.1, -0.05) is 27.7 Å². The van der Waals surface area contributed by atoms with Gasteiger partial charge in [0.25, 0.3) is 5.56 Å². The Labute approximate surface area is 100 Å². The Morgan fingerprint density at radius 1 is 1.35 bits per heavy atom. The van der Waals surface area contributed by atoms with Crippen LogP contribution in [0.25, 0.3) is 0 Å². The molecule has 1 heterocycles. The number of aromatic amines is 1. The zero-order valence-electron chi connectivity index (χ0n) is 11.0. The van der Waals surface area contributed by atoms with Gasteiger partial charge in [-0.2, -0.15) is 0 Å². The average Bonchev–Trinajstić information content (AvgIpc) is 2.19. The van der Waals surface area contributed by atoms with Crippen molar-refractivity contribution in [1.29, 1.82) is 0 Å². The van der Waals surface area contributed by atoms with Crippen molar-refractivity contribution in [2.45, 2.75) is 41.2 Å². The number of nitrogens with zero attached hydrogens (tertiary/aromatic N) is 1. The van der Waals surface area contributed by atoms with E-state index in [1.807, 2.05) is 6.92 Å². The largest absolute Gasteiger partial charge is 0.494 e. The number of hydrogen-bond acceptors (Lipinski definition) is 3. The van der Waals surface area contributed by atoms with Crippen LogP contribution in [0.1, 0.15) is 33.3 Å². The SMILES string of the molecule is Cc1c(O)n(CC(C)C(C)(C)C)c(=O)[nH]c1=O. The number of aromatic hydroxyl groups is 1. The maximum absolute atomic E-state index is 11.6. The van der Waals surface area contributed by atoms with Crippen molar-refractivity contribution in [3.05, 3.63) is 26.4 Å². The summed E-state index contributed by atoms with van der Waals surface area (Å²) in [4.78, 5) is 25.1. The Balaban J connectivity index is 3.21. The molecule has 0 aromatic carbocycles. The summed E-state index contributed by atoms with van der Waals surface area (Å²) in [6.07, 6.45) is 0. The van der Waals surface area contributed by atoms with Crippen LogP contribution in [0.4, 0.5) is 0 Å². The monoisotopic (exact) mass is 240 g/mol. The Kier molecular flexibility index (Phi) is 3.50. The Morgan fingerprint density at radius 2 is 1.88 bits per heavy atom. The zero-order valence-corrected chi connectivity index (χ0v) is 11.0. The minimum atomic E-state index is -0.561. The highest BCUT2D eigenvalue weighted by molar-refractivity contribution is 5.20. The molecule has 0 aliphatic heterocycles. The van der Waals surface area contributed by atoms with Crippen molar-refractivity contribution in [1.82, 2.24) is 9.55 Å². The van der Waals surface area contributed by atoms with E-state index >= 15 is 0 Å². The van der Waals surface area contributed by atoms with E-state index in [1.54, 1.807) is 0 Å². The number of H-pyrrole nitrogens is 1. The molecule has 2 N–H and O–H groups in total. The van der Waals surface area contributed by atoms with Crippen LogP contribution in [0, 0.1) is 18.3 Å². The molecular formula is C12H20N2O3. The fourth-order valence-electron chi connectivity index (χ4n) is 1.38. The van der Waals surface area contributed by atoms with Gasteiger partial charge in [-0.25, -0.2) is 4.79 Å². The van der Waals surface area contributed by atoms with Gasteiger partial charge in [0.1, 0.15) is 0 Å². The molecule has 5 nitrogen and oxygen atoms in total. The third kappa shape index (κ3) is 2.78. The molecule has 1 rings (SSSR count). The number of aromatic nitrogens is 2. The number of nitrogens with one attached hydrogen (secondary N) is 1. The first-order valence-corrected chi connectivity index (χ1v) is 5.67. The molecule has 0 aliphatic carbocycles. The highest BCUT2D eigenvalue weighted by atomic mass is 16.3. The quantitative estimate of drug-likeness (QED) is 0.816. The van der Waals surface area contributed by atoms with Gasteiger partial charge in [-0.05, 0) is 18.3 Å². The lowest BCUT2D eigenvalue weighted by molar-refractivity contribution is 0.220. The predicted octanol–water partition coefficient (Wildman–Crippen LogP) is 1.23. The van der Waals surface area contributed by atoms with Gasteiger partial charge in [0.2, 0.25) is 5.88 Å². The molecule has 1 aromatic rings. The first-order chi connectivity index (χ1) is 7.64. The smallest absolute Gasteiger partial charge is 0.331 e. The lowest BCUT2D eigenvalue weighted by Crippen LogP contribution is -2.35. The maximum atomic E-state index is 11.6. The molecule has 17 heavy (non-hydrogen) atoms. The van der Waals surface area contributed by atoms with E-state index in [-0.39, 0.29) is 22.8 Å². The van der Waals surface area contributed by atoms with E-state index in [4.69, 9.17) is 0 Å². The average molecular weight is 240 g/mol. The number of hydrogen-bond donors (Lipinski definition) is 2. The molecule has 1 unspecified atom stereocenters. The fraction of sp³-hybridized carbons (Fsp3) is 0.667. The van der Waals surface area contributed by atoms with Gasteiger partial charge in [0.15, 0.2) is 0 Å². The third-order valence-corrected chi connectivity index (χ3v) is 3.33. The topological polar surface area (TPSA) is 75.1 Å². The molecule has 0 bridgehead atoms. The molecule has 0 spiro atoms. The van der Waals surface area contributed by atoms with E-state index in [0.29, 0.717) is 6.54 Å². The summed E-state index contributed by atoms with van der Waals surface area (Å²) in [5.74, 6) is -0.0498. The first-order valence-electron chi connectivity index (χ1n) is 5.67. The van der Waals surface area contributed by atoms with Crippen molar-refractivity contribution >= 4 is 0 Å². The van der Waals surface area contributed by atoms with Crippen LogP contribution in [0.2, 0.25) is 0 Å². The second-order valence-electron chi connectivity index (χ2n) is 5.59. The number of rotatable bonds is 2. The van der Waals surface area contributed by atoms with Gasteiger partial charge < -0.3 is 5.11 Å². The van der Waals surface area contributed by atoms with Crippen LogP contribution in [0.5, 0.6) is 5.88 Å². The predicted molar refractivity (Wildman–Crippen MR) is 66.3 cm³/mol. The highest BCUT2D eigenvalue weighted by Gasteiger charge is 2.22. The van der Waals surface area contributed by atoms with Crippen LogP contribution in [0.3, 0.4) is 0 Å². The molecule has 1 aromatic heterocycles. The molecule has 96 valence electrons. The lowest BCUT2D eigenvalue weighted by atomic mass is 9.82. The molecule has 0 radical (unpaired) electrons. The third-order valence-electron chi connectivity index (χ3n) is 3.33. The first kappa shape index (κ1) is 13.5. The Hall–Kier alpha value is -1.52. The summed E-state index contributed by atoms with van der Waals surface area (Å²) in [5.41, 5.74) is -0.900. The van der Waals surface area contributed by atoms with Gasteiger partial charge in [0, 0.05) is 6.54 Å². The maximum Gasteiger partial charge on any atom is 0.331 e. The minimum Gasteiger partial charge on any atom is -0.494 e. The second kappa shape index (κ2) is 4.39. The van der Waals surface area contributed by atoms with Crippen molar-refractivity contribution in [2.24, 2.45) is 11.3 Å². The Bertz CT molecular complexity index is 520. The summed E-state index contributed by atoms with van der Waals surface area (Å²) in [7, 11) is 0. The van der Waals surface area contributed by atoms with Gasteiger partial charge in [0.05, 0.1) is 5.56 Å². The normalized spacial score (nSPS) is 13.7. The van der Waals surface area contributed by atoms with Gasteiger partial charge >= 0.3 is 5.69 Å². The standard InChI is InChI=1S/C12H20N2O3/c1-7(12(3,4)5)6-14-10(16)8(2)9(15)13-11(14)17/h7,16H,6H2,1-5H3,(H,13,15,17). The van der Waals surface area contributed by atoms with Crippen LogP contribution in [-0.2, 0) is 6.54 Å². The van der Waals surface area contributed by atoms with E-state index < -0.39 is 11.2 Å². The van der Waals surface area contributed by atoms with Crippen LogP contribution in [-0.4, -0.2) is 14.7 Å². The molecule has 1 atom stereocenters. The summed E-state index contributed by atoms with van der Waals surface area (Å²) < 4.78 is 1.21. The molecular weight excluding hydrogens is 220 g/mol. The van der Waals surface area contributed by atoms with Gasteiger partial charge in [-0.3, -0.25) is 14.3 Å². The van der Waals surface area contributed by atoms with E-state index in [1.165, 1.54) is 11.5 Å². The van der Waals surface area contributed by atoms with Crippen LogP contribution in [0.15, 0.2) is 9.59 Å². The van der Waals surface area contributed by atoms with Crippen molar-refractivity contribution in [3.8, 4) is 5.88 Å². The molecule has 0 amide bonds. The molecule has 5 heteroatoms. The second-order valence-corrected chi connectivity index (χ2v) is 5.59. The van der Waals surface area contributed by atoms with Crippen LogP contribution >= 0.6 is 0 Å². The van der Waals surface area contributed by atoms with Crippen molar-refractivity contribution < 1.29 is 5.11 Å². The molecule has 0 aliphatic rings. The van der Waals surface area contributed by atoms with E-state index in [2.05, 4.69) is 25.8 Å². The van der Waals surface area contributed by atoms with Crippen molar-refractivity contribution in [2.75, 3.05) is 0 Å². The molecule has 0 saturated carbocycles. The van der Waals surface area contributed by atoms with Crippen LogP contribution < -0.4 is 11.2 Å². The minimum absolute atomic E-state index is 0.0237. The van der Waals surface area contributed by atoms with Crippen molar-refractivity contribution in [3.63, 3.8) is 0 Å². The lowest BCUT2D eigenvalue weighted by Gasteiger charge is -2.28. The van der Waals surface area contributed by atoms with E-state index in [0.717, 1.165) is 0 Å². The summed E-state index contributed by atoms with van der Waals surface area (Å²) >= 11 is 0. The highest BCUT2D eigenvalue weighted by Crippen LogP contribution is 2.27. The Morgan fingerprint density at radius 3 is 2.35 bits per heavy atom. The summed E-state index contributed by atoms with van der Waals surface area (Å²) in [5, 5.41) is 9.82. The fourth-order valence-corrected chi connectivity index (χ4v) is 1.38. The van der Waals surface area contributed by atoms with Gasteiger partial charge in [-0.15, -0.1) is 0 Å². The summed E-state index contributed by atoms with van der Waals surface area (Å²) in [6.45, 7) is 10.1. The summed E-state index contributed by atoms with van der Waals surface area (Å²) in [6, 6.07) is 0. The molecule has 0 saturated heterocycles. The van der Waals surface area contributed by atoms with E-state index in [9.17, 15) is 14.7 Å². The molecule has 0 fully saturated rings.